The van der Waals surface area contributed by atoms with Crippen LogP contribution in [-0.4, -0.2) is 26.9 Å². The predicted molar refractivity (Wildman–Crippen MR) is 101 cm³/mol. The van der Waals surface area contributed by atoms with Gasteiger partial charge in [-0.25, -0.2) is 4.98 Å². The molecule has 0 saturated heterocycles. The molecule has 1 amide bonds. The zero-order chi connectivity index (χ0) is 17.5. The largest absolute Gasteiger partial charge is 0.321 e. The number of pyridine rings is 1. The van der Waals surface area contributed by atoms with E-state index >= 15 is 0 Å². The molecule has 0 aromatic carbocycles. The molecule has 2 heterocycles. The third kappa shape index (κ3) is 4.85. The minimum Gasteiger partial charge on any atom is -0.321 e. The lowest BCUT2D eigenvalue weighted by molar-refractivity contribution is -0.111. The van der Waals surface area contributed by atoms with Crippen LogP contribution in [0.1, 0.15) is 31.0 Å². The summed E-state index contributed by atoms with van der Waals surface area (Å²) in [6.45, 7) is 4.79. The minimum absolute atomic E-state index is 0.231. The van der Waals surface area contributed by atoms with Gasteiger partial charge in [0.05, 0.1) is 22.6 Å². The van der Waals surface area contributed by atoms with Crippen molar-refractivity contribution >= 4 is 41.0 Å². The van der Waals surface area contributed by atoms with E-state index in [4.69, 9.17) is 11.6 Å². The number of anilines is 1. The first-order valence-corrected chi connectivity index (χ1v) is 9.37. The lowest BCUT2D eigenvalue weighted by Crippen LogP contribution is -2.07. The number of amides is 1. The molecule has 24 heavy (non-hydrogen) atoms. The maximum atomic E-state index is 12.0. The number of nitrogens with zero attached hydrogens (tertiary/aromatic N) is 3. The van der Waals surface area contributed by atoms with E-state index in [2.05, 4.69) is 22.3 Å². The second-order valence-corrected chi connectivity index (χ2v) is 6.46. The van der Waals surface area contributed by atoms with Crippen molar-refractivity contribution in [1.29, 1.82) is 0 Å². The van der Waals surface area contributed by atoms with Gasteiger partial charge >= 0.3 is 0 Å². The Morgan fingerprint density at radius 3 is 2.88 bits per heavy atom. The molecule has 0 atom stereocenters. The van der Waals surface area contributed by atoms with Crippen LogP contribution in [0.15, 0.2) is 29.4 Å². The highest BCUT2D eigenvalue weighted by molar-refractivity contribution is 7.98. The van der Waals surface area contributed by atoms with Gasteiger partial charge in [0.15, 0.2) is 0 Å². The summed E-state index contributed by atoms with van der Waals surface area (Å²) in [5.41, 5.74) is 2.24. The molecule has 1 N–H and O–H groups in total. The van der Waals surface area contributed by atoms with Gasteiger partial charge in [0.2, 0.25) is 5.91 Å². The first-order valence-electron chi connectivity index (χ1n) is 7.77. The molecule has 0 bridgehead atoms. The zero-order valence-electron chi connectivity index (χ0n) is 14.0. The van der Waals surface area contributed by atoms with Crippen molar-refractivity contribution in [1.82, 2.24) is 14.8 Å². The molecule has 0 saturated carbocycles. The second kappa shape index (κ2) is 8.89. The molecular formula is C17H21ClN4OS. The van der Waals surface area contributed by atoms with Gasteiger partial charge in [-0.3, -0.25) is 9.48 Å². The number of carbonyl (C=O) groups is 1. The van der Waals surface area contributed by atoms with E-state index in [1.54, 1.807) is 28.7 Å². The summed E-state index contributed by atoms with van der Waals surface area (Å²) in [5.74, 6) is -0.231. The molecule has 0 radical (unpaired) electrons. The van der Waals surface area contributed by atoms with Crippen LogP contribution >= 0.6 is 23.4 Å². The Hall–Kier alpha value is -1.79. The Kier molecular flexibility index (Phi) is 6.87. The van der Waals surface area contributed by atoms with Gasteiger partial charge in [-0.05, 0) is 37.8 Å². The molecule has 128 valence electrons. The van der Waals surface area contributed by atoms with Crippen molar-refractivity contribution in [3.8, 4) is 0 Å². The molecule has 0 aliphatic carbocycles. The quantitative estimate of drug-likeness (QED) is 0.583. The molecule has 0 aliphatic heterocycles. The summed E-state index contributed by atoms with van der Waals surface area (Å²) in [7, 11) is 0. The summed E-state index contributed by atoms with van der Waals surface area (Å²) in [4.78, 5) is 16.3. The number of carbonyl (C=O) groups excluding carboxylic acids is 1. The molecule has 2 aromatic heterocycles. The number of hydrogen-bond acceptors (Lipinski definition) is 4. The molecule has 0 fully saturated rings. The minimum atomic E-state index is -0.231. The maximum absolute atomic E-state index is 12.0. The van der Waals surface area contributed by atoms with E-state index in [0.29, 0.717) is 10.8 Å². The summed E-state index contributed by atoms with van der Waals surface area (Å²) in [6, 6.07) is 3.69. The Bertz CT molecular complexity index is 725. The Morgan fingerprint density at radius 2 is 2.25 bits per heavy atom. The highest BCUT2D eigenvalue weighted by Gasteiger charge is 2.11. The summed E-state index contributed by atoms with van der Waals surface area (Å²) in [6.07, 6.45) is 8.85. The third-order valence-electron chi connectivity index (χ3n) is 3.45. The Balaban J connectivity index is 2.04. The van der Waals surface area contributed by atoms with Crippen LogP contribution in [0.3, 0.4) is 0 Å². The SMILES string of the molecule is CCCCn1nc(C)c(/C=C/C(=O)Nc2ccc(SC)nc2)c1Cl. The van der Waals surface area contributed by atoms with Crippen LogP contribution in [0.5, 0.6) is 0 Å². The van der Waals surface area contributed by atoms with Crippen LogP contribution in [0.2, 0.25) is 5.15 Å². The number of hydrogen-bond donors (Lipinski definition) is 1. The lowest BCUT2D eigenvalue weighted by atomic mass is 10.2. The zero-order valence-corrected chi connectivity index (χ0v) is 15.6. The van der Waals surface area contributed by atoms with Crippen LogP contribution in [-0.2, 0) is 11.3 Å². The highest BCUT2D eigenvalue weighted by atomic mass is 35.5. The van der Waals surface area contributed by atoms with Crippen molar-refractivity contribution in [2.75, 3.05) is 11.6 Å². The first-order chi connectivity index (χ1) is 11.5. The van der Waals surface area contributed by atoms with Gasteiger partial charge in [-0.15, -0.1) is 11.8 Å². The number of thioether (sulfide) groups is 1. The van der Waals surface area contributed by atoms with Gasteiger partial charge in [0.1, 0.15) is 5.15 Å². The standard InChI is InChI=1S/C17H21ClN4OS/c1-4-5-10-22-17(18)14(12(2)21-22)7-8-15(23)20-13-6-9-16(24-3)19-11-13/h6-9,11H,4-5,10H2,1-3H3,(H,20,23)/b8-7+. The van der Waals surface area contributed by atoms with Gasteiger partial charge in [0, 0.05) is 18.2 Å². The first kappa shape index (κ1) is 18.5. The fourth-order valence-corrected chi connectivity index (χ4v) is 2.81. The fraction of sp³-hybridized carbons (Fsp3) is 0.353. The van der Waals surface area contributed by atoms with Crippen molar-refractivity contribution in [2.24, 2.45) is 0 Å². The topological polar surface area (TPSA) is 59.8 Å². The molecule has 2 aromatic rings. The van der Waals surface area contributed by atoms with Crippen molar-refractivity contribution in [2.45, 2.75) is 38.3 Å². The Labute approximate surface area is 151 Å². The number of rotatable bonds is 7. The van der Waals surface area contributed by atoms with Crippen molar-refractivity contribution in [3.63, 3.8) is 0 Å². The number of aromatic nitrogens is 3. The molecule has 0 spiro atoms. The monoisotopic (exact) mass is 364 g/mol. The molecule has 2 rings (SSSR count). The van der Waals surface area contributed by atoms with Crippen molar-refractivity contribution in [3.05, 3.63) is 40.8 Å². The van der Waals surface area contributed by atoms with Gasteiger partial charge in [-0.2, -0.15) is 5.10 Å². The molecule has 0 unspecified atom stereocenters. The fourth-order valence-electron chi connectivity index (χ4n) is 2.13. The molecular weight excluding hydrogens is 344 g/mol. The highest BCUT2D eigenvalue weighted by Crippen LogP contribution is 2.22. The van der Waals surface area contributed by atoms with Gasteiger partial charge < -0.3 is 5.32 Å². The van der Waals surface area contributed by atoms with Crippen LogP contribution < -0.4 is 5.32 Å². The summed E-state index contributed by atoms with van der Waals surface area (Å²) >= 11 is 7.90. The van der Waals surface area contributed by atoms with Gasteiger partial charge in [-0.1, -0.05) is 24.9 Å². The molecule has 7 heteroatoms. The third-order valence-corrected chi connectivity index (χ3v) is 4.51. The van der Waals surface area contributed by atoms with E-state index in [0.717, 1.165) is 35.7 Å². The molecule has 0 aliphatic rings. The van der Waals surface area contributed by atoms with E-state index in [9.17, 15) is 4.79 Å². The van der Waals surface area contributed by atoms with Crippen LogP contribution in [0, 0.1) is 6.92 Å². The van der Waals surface area contributed by atoms with E-state index in [1.165, 1.54) is 6.08 Å². The molecule has 5 nitrogen and oxygen atoms in total. The summed E-state index contributed by atoms with van der Waals surface area (Å²) < 4.78 is 1.78. The van der Waals surface area contributed by atoms with E-state index < -0.39 is 0 Å². The second-order valence-electron chi connectivity index (χ2n) is 5.28. The summed E-state index contributed by atoms with van der Waals surface area (Å²) in [5, 5.41) is 8.67. The normalized spacial score (nSPS) is 11.2. The average Bonchev–Trinajstić information content (AvgIpc) is 2.85. The van der Waals surface area contributed by atoms with Crippen LogP contribution in [0.25, 0.3) is 6.08 Å². The van der Waals surface area contributed by atoms with Crippen molar-refractivity contribution < 1.29 is 4.79 Å². The number of unbranched alkanes of at least 4 members (excludes halogenated alkanes) is 1. The Morgan fingerprint density at radius 1 is 1.46 bits per heavy atom. The number of nitrogens with one attached hydrogen (secondary N) is 1. The lowest BCUT2D eigenvalue weighted by Gasteiger charge is -2.02. The average molecular weight is 365 g/mol. The number of halogens is 1. The number of aryl methyl sites for hydroxylation is 2. The van der Waals surface area contributed by atoms with Crippen LogP contribution in [0.4, 0.5) is 5.69 Å². The van der Waals surface area contributed by atoms with E-state index in [-0.39, 0.29) is 5.91 Å². The maximum Gasteiger partial charge on any atom is 0.248 e. The smallest absolute Gasteiger partial charge is 0.248 e. The predicted octanol–water partition coefficient (Wildman–Crippen LogP) is 4.41. The van der Waals surface area contributed by atoms with Gasteiger partial charge in [0.25, 0.3) is 0 Å². The van der Waals surface area contributed by atoms with E-state index in [1.807, 2.05) is 25.3 Å².